The Labute approximate surface area is 217 Å². The highest BCUT2D eigenvalue weighted by molar-refractivity contribution is 7.98. The summed E-state index contributed by atoms with van der Waals surface area (Å²) < 4.78 is 0. The fraction of sp³-hybridized carbons (Fsp3) is 0.0833. The molecule has 0 radical (unpaired) electrons. The van der Waals surface area contributed by atoms with Crippen LogP contribution < -0.4 is 0 Å². The molecule has 4 aromatic rings. The van der Waals surface area contributed by atoms with Crippen LogP contribution in [0.1, 0.15) is 11.1 Å². The summed E-state index contributed by atoms with van der Waals surface area (Å²) in [5, 5.41) is 21.5. The number of pyridine rings is 2. The monoisotopic (exact) mass is 528 g/mol. The Bertz CT molecular complexity index is 1180. The number of hydrogen-bond acceptors (Lipinski definition) is 8. The summed E-state index contributed by atoms with van der Waals surface area (Å²) in [4.78, 5) is 27.1. The van der Waals surface area contributed by atoms with E-state index in [0.717, 1.165) is 22.7 Å². The van der Waals surface area contributed by atoms with E-state index in [4.69, 9.17) is 11.6 Å². The standard InChI is InChI=1S/C12H10N2O2S.C7H8S.C5H3ClN2O2/c15-14(16)11-6-7-12(13-8-11)17-9-10-4-2-1-3-5-10;8-6-7-4-2-1-3-5-7;6-5-2-1-4(3-7-5)8(9)10/h1-8H,9H2;1-5,8H,6H2;1-3H. The number of halogens is 1. The van der Waals surface area contributed by atoms with Gasteiger partial charge in [-0.2, -0.15) is 12.6 Å². The van der Waals surface area contributed by atoms with Gasteiger partial charge in [-0.15, -0.1) is 11.8 Å². The number of benzene rings is 2. The van der Waals surface area contributed by atoms with E-state index in [-0.39, 0.29) is 16.5 Å². The number of rotatable bonds is 6. The van der Waals surface area contributed by atoms with Gasteiger partial charge in [0.25, 0.3) is 11.4 Å². The molecule has 2 aromatic heterocycles. The van der Waals surface area contributed by atoms with Crippen LogP contribution in [0.4, 0.5) is 11.4 Å². The van der Waals surface area contributed by atoms with E-state index >= 15 is 0 Å². The molecular formula is C24H21ClN4O4S2. The van der Waals surface area contributed by atoms with Crippen molar-refractivity contribution in [2.45, 2.75) is 16.5 Å². The summed E-state index contributed by atoms with van der Waals surface area (Å²) in [7, 11) is 0. The highest BCUT2D eigenvalue weighted by Crippen LogP contribution is 2.22. The molecule has 0 unspecified atom stereocenters. The van der Waals surface area contributed by atoms with Gasteiger partial charge in [0.15, 0.2) is 0 Å². The van der Waals surface area contributed by atoms with Gasteiger partial charge in [-0.25, -0.2) is 9.97 Å². The van der Waals surface area contributed by atoms with Crippen LogP contribution in [-0.4, -0.2) is 19.8 Å². The molecule has 8 nitrogen and oxygen atoms in total. The van der Waals surface area contributed by atoms with Crippen molar-refractivity contribution in [1.82, 2.24) is 9.97 Å². The van der Waals surface area contributed by atoms with Gasteiger partial charge in [-0.3, -0.25) is 20.2 Å². The van der Waals surface area contributed by atoms with Crippen molar-refractivity contribution < 1.29 is 9.85 Å². The molecule has 4 rings (SSSR count). The molecule has 35 heavy (non-hydrogen) atoms. The average Bonchev–Trinajstić information content (AvgIpc) is 2.90. The Hall–Kier alpha value is -3.47. The Morgan fingerprint density at radius 2 is 1.26 bits per heavy atom. The van der Waals surface area contributed by atoms with Gasteiger partial charge in [0, 0.05) is 23.6 Å². The van der Waals surface area contributed by atoms with Crippen LogP contribution in [0.15, 0.2) is 102 Å². The molecule has 2 heterocycles. The van der Waals surface area contributed by atoms with Crippen LogP contribution in [0.5, 0.6) is 0 Å². The molecular weight excluding hydrogens is 508 g/mol. The Morgan fingerprint density at radius 3 is 1.66 bits per heavy atom. The van der Waals surface area contributed by atoms with Crippen molar-refractivity contribution in [3.05, 3.63) is 134 Å². The SMILES string of the molecule is O=[N+]([O-])c1ccc(Cl)nc1.O=[N+]([O-])c1ccc(SCc2ccccc2)nc1.SCc1ccccc1. The van der Waals surface area contributed by atoms with Crippen molar-refractivity contribution in [2.75, 3.05) is 0 Å². The van der Waals surface area contributed by atoms with Gasteiger partial charge in [0.2, 0.25) is 0 Å². The molecule has 2 aromatic carbocycles. The third kappa shape index (κ3) is 11.0. The first-order valence-corrected chi connectivity index (χ1v) is 12.1. The summed E-state index contributed by atoms with van der Waals surface area (Å²) in [5.74, 6) is 1.65. The summed E-state index contributed by atoms with van der Waals surface area (Å²) in [6.07, 6.45) is 2.40. The van der Waals surface area contributed by atoms with Crippen molar-refractivity contribution in [1.29, 1.82) is 0 Å². The third-order valence-corrected chi connectivity index (χ3v) is 5.71. The topological polar surface area (TPSA) is 112 Å². The normalized spacial score (nSPS) is 9.66. The lowest BCUT2D eigenvalue weighted by Crippen LogP contribution is -1.89. The number of nitrogens with zero attached hydrogens (tertiary/aromatic N) is 4. The molecule has 11 heteroatoms. The first kappa shape index (κ1) is 27.8. The summed E-state index contributed by atoms with van der Waals surface area (Å²) in [6, 6.07) is 26.0. The van der Waals surface area contributed by atoms with Crippen molar-refractivity contribution in [3.8, 4) is 0 Å². The predicted molar refractivity (Wildman–Crippen MR) is 142 cm³/mol. The Kier molecular flexibility index (Phi) is 12.2. The van der Waals surface area contributed by atoms with Crippen molar-refractivity contribution >= 4 is 47.4 Å². The number of nitro groups is 2. The molecule has 0 saturated carbocycles. The minimum Gasteiger partial charge on any atom is -0.258 e. The molecule has 0 bridgehead atoms. The molecule has 0 amide bonds. The van der Waals surface area contributed by atoms with Crippen LogP contribution in [0.25, 0.3) is 0 Å². The van der Waals surface area contributed by atoms with Crippen LogP contribution in [0.3, 0.4) is 0 Å². The largest absolute Gasteiger partial charge is 0.287 e. The fourth-order valence-electron chi connectivity index (χ4n) is 2.36. The highest BCUT2D eigenvalue weighted by atomic mass is 35.5. The van der Waals surface area contributed by atoms with Crippen LogP contribution in [0, 0.1) is 20.2 Å². The minimum atomic E-state index is -0.524. The second kappa shape index (κ2) is 15.4. The average molecular weight is 529 g/mol. The van der Waals surface area contributed by atoms with Crippen LogP contribution >= 0.6 is 36.0 Å². The summed E-state index contributed by atoms with van der Waals surface area (Å²) in [6.45, 7) is 0. The van der Waals surface area contributed by atoms with Crippen LogP contribution in [-0.2, 0) is 11.5 Å². The molecule has 0 aliphatic carbocycles. The second-order valence-corrected chi connectivity index (χ2v) is 8.33. The smallest absolute Gasteiger partial charge is 0.258 e. The van der Waals surface area contributed by atoms with Crippen molar-refractivity contribution in [3.63, 3.8) is 0 Å². The van der Waals surface area contributed by atoms with Gasteiger partial charge in [-0.05, 0) is 23.3 Å². The number of aromatic nitrogens is 2. The van der Waals surface area contributed by atoms with Crippen LogP contribution in [0.2, 0.25) is 5.15 Å². The summed E-state index contributed by atoms with van der Waals surface area (Å²) in [5.41, 5.74) is 2.45. The first-order valence-electron chi connectivity index (χ1n) is 10.1. The second-order valence-electron chi connectivity index (χ2n) is 6.63. The zero-order valence-corrected chi connectivity index (χ0v) is 20.8. The van der Waals surface area contributed by atoms with Gasteiger partial charge < -0.3 is 0 Å². The lowest BCUT2D eigenvalue weighted by molar-refractivity contribution is -0.385. The van der Waals surface area contributed by atoms with Crippen molar-refractivity contribution in [2.24, 2.45) is 0 Å². The Balaban J connectivity index is 0.000000204. The van der Waals surface area contributed by atoms with Gasteiger partial charge in [0.1, 0.15) is 17.5 Å². The molecule has 0 spiro atoms. The molecule has 0 atom stereocenters. The maximum absolute atomic E-state index is 10.5. The van der Waals surface area contributed by atoms with E-state index in [0.29, 0.717) is 0 Å². The van der Waals surface area contributed by atoms with E-state index in [1.807, 2.05) is 48.5 Å². The molecule has 180 valence electrons. The van der Waals surface area contributed by atoms with E-state index in [9.17, 15) is 20.2 Å². The zero-order chi connectivity index (χ0) is 25.5. The predicted octanol–water partition coefficient (Wildman–Crippen LogP) is 7.04. The van der Waals surface area contributed by atoms with Gasteiger partial charge in [0.05, 0.1) is 14.9 Å². The lowest BCUT2D eigenvalue weighted by Gasteiger charge is -2.00. The molecule has 0 fully saturated rings. The Morgan fingerprint density at radius 1 is 0.743 bits per heavy atom. The highest BCUT2D eigenvalue weighted by Gasteiger charge is 2.05. The maximum Gasteiger partial charge on any atom is 0.287 e. The number of thiol groups is 1. The minimum absolute atomic E-state index is 0.0223. The fourth-order valence-corrected chi connectivity index (χ4v) is 3.48. The molecule has 0 aliphatic rings. The number of hydrogen-bond donors (Lipinski definition) is 1. The van der Waals surface area contributed by atoms with Gasteiger partial charge >= 0.3 is 0 Å². The summed E-state index contributed by atoms with van der Waals surface area (Å²) >= 11 is 11.1. The molecule has 0 aliphatic heterocycles. The maximum atomic E-state index is 10.5. The molecule has 0 N–H and O–H groups in total. The molecule has 0 saturated heterocycles. The van der Waals surface area contributed by atoms with Gasteiger partial charge in [-0.1, -0.05) is 72.3 Å². The van der Waals surface area contributed by atoms with E-state index < -0.39 is 9.85 Å². The zero-order valence-electron chi connectivity index (χ0n) is 18.3. The lowest BCUT2D eigenvalue weighted by atomic mass is 10.2. The van der Waals surface area contributed by atoms with E-state index in [2.05, 4.69) is 34.7 Å². The quantitative estimate of drug-likeness (QED) is 0.0938. The van der Waals surface area contributed by atoms with E-state index in [1.165, 1.54) is 35.5 Å². The first-order chi connectivity index (χ1) is 16.9. The van der Waals surface area contributed by atoms with E-state index in [1.54, 1.807) is 17.8 Å². The number of thioether (sulfide) groups is 1. The third-order valence-electron chi connectivity index (χ3n) is 4.11.